The van der Waals surface area contributed by atoms with Crippen molar-refractivity contribution in [3.8, 4) is 0 Å². The minimum Gasteiger partial charge on any atom is -0.381 e. The molecule has 2 unspecified atom stereocenters. The summed E-state index contributed by atoms with van der Waals surface area (Å²) in [7, 11) is 0. The van der Waals surface area contributed by atoms with Gasteiger partial charge in [-0.05, 0) is 51.7 Å². The van der Waals surface area contributed by atoms with Crippen LogP contribution in [0.2, 0.25) is 0 Å². The van der Waals surface area contributed by atoms with E-state index in [0.29, 0.717) is 11.6 Å². The molecule has 3 nitrogen and oxygen atoms in total. The van der Waals surface area contributed by atoms with Gasteiger partial charge in [-0.2, -0.15) is 0 Å². The van der Waals surface area contributed by atoms with Gasteiger partial charge in [0, 0.05) is 24.1 Å². The average molecular weight is 280 g/mol. The third-order valence-corrected chi connectivity index (χ3v) is 5.89. The van der Waals surface area contributed by atoms with Crippen LogP contribution in [0.15, 0.2) is 0 Å². The molecule has 3 rings (SSSR count). The Bertz CT molecular complexity index is 289. The molecule has 2 aliphatic heterocycles. The molecule has 0 spiro atoms. The molecule has 0 bridgehead atoms. The molecule has 1 N–H and O–H groups in total. The number of rotatable bonds is 5. The second-order valence-corrected chi connectivity index (χ2v) is 7.02. The Labute approximate surface area is 124 Å². The van der Waals surface area contributed by atoms with Gasteiger partial charge < -0.3 is 10.1 Å². The minimum absolute atomic E-state index is 0.439. The van der Waals surface area contributed by atoms with Crippen LogP contribution in [0.4, 0.5) is 0 Å². The quantitative estimate of drug-likeness (QED) is 0.838. The topological polar surface area (TPSA) is 24.5 Å². The molecule has 3 aliphatic rings. The van der Waals surface area contributed by atoms with Crippen LogP contribution in [0.3, 0.4) is 0 Å². The highest BCUT2D eigenvalue weighted by molar-refractivity contribution is 5.06. The number of nitrogens with one attached hydrogen (secondary N) is 1. The highest BCUT2D eigenvalue weighted by Gasteiger charge is 2.49. The van der Waals surface area contributed by atoms with Gasteiger partial charge in [0.05, 0.1) is 6.61 Å². The Morgan fingerprint density at radius 1 is 1.15 bits per heavy atom. The van der Waals surface area contributed by atoms with Crippen LogP contribution in [0, 0.1) is 5.92 Å². The van der Waals surface area contributed by atoms with Gasteiger partial charge in [-0.25, -0.2) is 0 Å². The maximum absolute atomic E-state index is 5.72. The van der Waals surface area contributed by atoms with E-state index in [2.05, 4.69) is 17.1 Å². The molecule has 3 heteroatoms. The van der Waals surface area contributed by atoms with Crippen molar-refractivity contribution >= 4 is 0 Å². The van der Waals surface area contributed by atoms with Crippen LogP contribution in [0.1, 0.15) is 58.3 Å². The number of likely N-dealkylation sites (tertiary alicyclic amines) is 1. The van der Waals surface area contributed by atoms with Crippen LogP contribution in [-0.4, -0.2) is 49.3 Å². The molecular formula is C17H32N2O. The fraction of sp³-hybridized carbons (Fsp3) is 1.00. The Morgan fingerprint density at radius 3 is 2.50 bits per heavy atom. The number of piperidine rings is 1. The lowest BCUT2D eigenvalue weighted by atomic mass is 9.77. The van der Waals surface area contributed by atoms with Gasteiger partial charge in [-0.1, -0.05) is 26.2 Å². The molecule has 0 aromatic heterocycles. The smallest absolute Gasteiger partial charge is 0.0510 e. The first-order valence-electron chi connectivity index (χ1n) is 8.93. The Hall–Kier alpha value is -0.120. The van der Waals surface area contributed by atoms with Gasteiger partial charge in [0.1, 0.15) is 0 Å². The maximum atomic E-state index is 5.72. The summed E-state index contributed by atoms with van der Waals surface area (Å²) in [5, 5.41) is 3.88. The van der Waals surface area contributed by atoms with Gasteiger partial charge in [-0.15, -0.1) is 0 Å². The van der Waals surface area contributed by atoms with Crippen molar-refractivity contribution < 1.29 is 4.74 Å². The summed E-state index contributed by atoms with van der Waals surface area (Å²) in [6, 6.07) is 0.649. The number of ether oxygens (including phenoxy) is 1. The van der Waals surface area contributed by atoms with E-state index in [0.717, 1.165) is 25.7 Å². The van der Waals surface area contributed by atoms with Gasteiger partial charge in [0.15, 0.2) is 0 Å². The standard InChI is InChI=1S/C17H32N2O/c1-2-18-16(15-8-13-20-14-15)17(9-4-5-10-17)19-11-6-3-7-12-19/h15-16,18H,2-14H2,1H3. The summed E-state index contributed by atoms with van der Waals surface area (Å²) < 4.78 is 5.72. The highest BCUT2D eigenvalue weighted by atomic mass is 16.5. The molecule has 1 saturated carbocycles. The number of hydrogen-bond acceptors (Lipinski definition) is 3. The van der Waals surface area contributed by atoms with E-state index in [1.165, 1.54) is 64.5 Å². The van der Waals surface area contributed by atoms with Crippen molar-refractivity contribution in [2.45, 2.75) is 69.9 Å². The fourth-order valence-corrected chi connectivity index (χ4v) is 4.98. The van der Waals surface area contributed by atoms with E-state index in [9.17, 15) is 0 Å². The van der Waals surface area contributed by atoms with E-state index in [1.54, 1.807) is 0 Å². The van der Waals surface area contributed by atoms with E-state index >= 15 is 0 Å². The molecule has 2 saturated heterocycles. The molecule has 0 aromatic carbocycles. The average Bonchev–Trinajstić information content (AvgIpc) is 3.18. The molecule has 2 heterocycles. The lowest BCUT2D eigenvalue weighted by Crippen LogP contribution is -2.63. The van der Waals surface area contributed by atoms with Crippen molar-refractivity contribution in [3.05, 3.63) is 0 Å². The van der Waals surface area contributed by atoms with Crippen LogP contribution in [0.5, 0.6) is 0 Å². The second-order valence-electron chi connectivity index (χ2n) is 7.02. The van der Waals surface area contributed by atoms with Crippen molar-refractivity contribution in [2.75, 3.05) is 32.8 Å². The zero-order valence-electron chi connectivity index (χ0n) is 13.2. The monoisotopic (exact) mass is 280 g/mol. The van der Waals surface area contributed by atoms with Crippen molar-refractivity contribution in [1.29, 1.82) is 0 Å². The molecule has 0 amide bonds. The van der Waals surface area contributed by atoms with Crippen LogP contribution < -0.4 is 5.32 Å². The predicted molar refractivity (Wildman–Crippen MR) is 83.0 cm³/mol. The summed E-state index contributed by atoms with van der Waals surface area (Å²) >= 11 is 0. The predicted octanol–water partition coefficient (Wildman–Crippen LogP) is 2.80. The van der Waals surface area contributed by atoms with Crippen molar-refractivity contribution in [3.63, 3.8) is 0 Å². The number of nitrogens with zero attached hydrogens (tertiary/aromatic N) is 1. The summed E-state index contributed by atoms with van der Waals surface area (Å²) in [4.78, 5) is 2.87. The van der Waals surface area contributed by atoms with E-state index < -0.39 is 0 Å². The molecule has 0 aromatic rings. The summed E-state index contributed by atoms with van der Waals surface area (Å²) in [6.45, 7) is 7.97. The molecule has 1 aliphatic carbocycles. The molecule has 2 atom stereocenters. The van der Waals surface area contributed by atoms with E-state index in [4.69, 9.17) is 4.74 Å². The molecular weight excluding hydrogens is 248 g/mol. The largest absolute Gasteiger partial charge is 0.381 e. The molecule has 0 radical (unpaired) electrons. The van der Waals surface area contributed by atoms with Gasteiger partial charge in [0.2, 0.25) is 0 Å². The normalized spacial score (nSPS) is 32.5. The van der Waals surface area contributed by atoms with Gasteiger partial charge in [0.25, 0.3) is 0 Å². The molecule has 3 fully saturated rings. The lowest BCUT2D eigenvalue weighted by molar-refractivity contribution is 0.0151. The second kappa shape index (κ2) is 6.76. The number of likely N-dealkylation sites (N-methyl/N-ethyl adjacent to an activating group) is 1. The van der Waals surface area contributed by atoms with Crippen molar-refractivity contribution in [1.82, 2.24) is 10.2 Å². The van der Waals surface area contributed by atoms with Gasteiger partial charge in [-0.3, -0.25) is 4.90 Å². The molecule has 116 valence electrons. The highest BCUT2D eigenvalue weighted by Crippen LogP contribution is 2.43. The summed E-state index contributed by atoms with van der Waals surface area (Å²) in [6.07, 6.45) is 11.2. The first-order valence-corrected chi connectivity index (χ1v) is 8.93. The van der Waals surface area contributed by atoms with Crippen LogP contribution >= 0.6 is 0 Å². The van der Waals surface area contributed by atoms with E-state index in [-0.39, 0.29) is 0 Å². The zero-order valence-corrected chi connectivity index (χ0v) is 13.2. The Balaban J connectivity index is 1.81. The fourth-order valence-electron chi connectivity index (χ4n) is 4.98. The third-order valence-electron chi connectivity index (χ3n) is 5.89. The zero-order chi connectivity index (χ0) is 13.8. The lowest BCUT2D eigenvalue weighted by Gasteiger charge is -2.50. The Morgan fingerprint density at radius 2 is 1.90 bits per heavy atom. The first-order chi connectivity index (χ1) is 9.87. The van der Waals surface area contributed by atoms with E-state index in [1.807, 2.05) is 0 Å². The molecule has 20 heavy (non-hydrogen) atoms. The third kappa shape index (κ3) is 2.77. The van der Waals surface area contributed by atoms with Gasteiger partial charge >= 0.3 is 0 Å². The Kier molecular flexibility index (Phi) is 5.00. The first kappa shape index (κ1) is 14.8. The minimum atomic E-state index is 0.439. The SMILES string of the molecule is CCNC(C1CCOC1)C1(N2CCCCC2)CCCC1. The van der Waals surface area contributed by atoms with Crippen molar-refractivity contribution in [2.24, 2.45) is 5.92 Å². The summed E-state index contributed by atoms with van der Waals surface area (Å²) in [5.41, 5.74) is 0.439. The van der Waals surface area contributed by atoms with Crippen LogP contribution in [0.25, 0.3) is 0 Å². The van der Waals surface area contributed by atoms with Crippen LogP contribution in [-0.2, 0) is 4.74 Å². The summed E-state index contributed by atoms with van der Waals surface area (Å²) in [5.74, 6) is 0.731. The maximum Gasteiger partial charge on any atom is 0.0510 e. The number of hydrogen-bond donors (Lipinski definition) is 1.